The smallest absolute Gasteiger partial charge is 0.343 e. The Labute approximate surface area is 159 Å². The van der Waals surface area contributed by atoms with Crippen molar-refractivity contribution in [1.82, 2.24) is 9.55 Å². The SMILES string of the molecule is CCC1(O)C(=O)OCc2c1cc1n(c2=S)Cc2cc3cc(O)ccc3nc2-1. The molecule has 0 saturated heterocycles. The normalized spacial score (nSPS) is 20.1. The number of cyclic esters (lactones) is 1. The van der Waals surface area contributed by atoms with Crippen molar-refractivity contribution >= 4 is 29.1 Å². The number of fused-ring (bicyclic) bond motifs is 5. The lowest BCUT2D eigenvalue weighted by Gasteiger charge is -2.32. The van der Waals surface area contributed by atoms with Crippen molar-refractivity contribution in [2.45, 2.75) is 32.1 Å². The van der Waals surface area contributed by atoms with Gasteiger partial charge in [-0.3, -0.25) is 0 Å². The monoisotopic (exact) mass is 380 g/mol. The van der Waals surface area contributed by atoms with Crippen LogP contribution in [0, 0.1) is 4.64 Å². The summed E-state index contributed by atoms with van der Waals surface area (Å²) in [6.45, 7) is 2.36. The zero-order valence-electron chi connectivity index (χ0n) is 14.5. The molecular weight excluding hydrogens is 364 g/mol. The minimum Gasteiger partial charge on any atom is -0.508 e. The van der Waals surface area contributed by atoms with Crippen LogP contribution in [0.5, 0.6) is 5.75 Å². The Hall–Kier alpha value is -2.77. The topological polar surface area (TPSA) is 84.6 Å². The summed E-state index contributed by atoms with van der Waals surface area (Å²) in [5.41, 5.74) is 2.79. The highest BCUT2D eigenvalue weighted by atomic mass is 32.1. The molecule has 136 valence electrons. The number of phenols is 1. The summed E-state index contributed by atoms with van der Waals surface area (Å²) in [7, 11) is 0. The van der Waals surface area contributed by atoms with Gasteiger partial charge in [-0.2, -0.15) is 0 Å². The van der Waals surface area contributed by atoms with Crippen LogP contribution in [0.3, 0.4) is 0 Å². The number of phenolic OH excluding ortho intramolecular Hbond substituents is 1. The van der Waals surface area contributed by atoms with E-state index < -0.39 is 11.6 Å². The maximum atomic E-state index is 12.2. The number of rotatable bonds is 1. The van der Waals surface area contributed by atoms with E-state index >= 15 is 0 Å². The Kier molecular flexibility index (Phi) is 3.26. The number of aromatic hydroxyl groups is 1. The number of esters is 1. The summed E-state index contributed by atoms with van der Waals surface area (Å²) < 4.78 is 7.70. The van der Waals surface area contributed by atoms with E-state index in [4.69, 9.17) is 21.9 Å². The van der Waals surface area contributed by atoms with Gasteiger partial charge < -0.3 is 19.5 Å². The lowest BCUT2D eigenvalue weighted by atomic mass is 9.86. The molecule has 0 aliphatic carbocycles. The van der Waals surface area contributed by atoms with Gasteiger partial charge in [0.15, 0.2) is 5.60 Å². The molecule has 4 heterocycles. The van der Waals surface area contributed by atoms with E-state index in [1.54, 1.807) is 25.1 Å². The summed E-state index contributed by atoms with van der Waals surface area (Å²) >= 11 is 5.66. The van der Waals surface area contributed by atoms with Crippen LogP contribution in [0.1, 0.15) is 30.0 Å². The molecule has 3 aromatic rings. The van der Waals surface area contributed by atoms with Crippen molar-refractivity contribution in [2.24, 2.45) is 0 Å². The Morgan fingerprint density at radius 2 is 2.15 bits per heavy atom. The van der Waals surface area contributed by atoms with E-state index in [9.17, 15) is 15.0 Å². The predicted molar refractivity (Wildman–Crippen MR) is 101 cm³/mol. The summed E-state index contributed by atoms with van der Waals surface area (Å²) in [5, 5.41) is 21.5. The number of carbonyl (C=O) groups is 1. The molecule has 2 aliphatic heterocycles. The van der Waals surface area contributed by atoms with Gasteiger partial charge in [-0.05, 0) is 36.8 Å². The molecule has 0 bridgehead atoms. The summed E-state index contributed by atoms with van der Waals surface area (Å²) in [6.07, 6.45) is 0.203. The maximum absolute atomic E-state index is 12.2. The number of hydrogen-bond donors (Lipinski definition) is 2. The molecule has 5 rings (SSSR count). The summed E-state index contributed by atoms with van der Waals surface area (Å²) in [6, 6.07) is 8.85. The number of hydrogen-bond acceptors (Lipinski definition) is 6. The Morgan fingerprint density at radius 3 is 2.93 bits per heavy atom. The third kappa shape index (κ3) is 2.12. The number of aromatic nitrogens is 2. The van der Waals surface area contributed by atoms with Crippen LogP contribution in [-0.4, -0.2) is 25.7 Å². The minimum atomic E-state index is -1.69. The van der Waals surface area contributed by atoms with E-state index in [1.165, 1.54) is 0 Å². The van der Waals surface area contributed by atoms with Crippen molar-refractivity contribution < 1.29 is 19.7 Å². The molecule has 2 aliphatic rings. The first-order valence-electron chi connectivity index (χ1n) is 8.72. The molecule has 2 aromatic heterocycles. The highest BCUT2D eigenvalue weighted by Crippen LogP contribution is 2.41. The van der Waals surface area contributed by atoms with E-state index in [-0.39, 0.29) is 18.8 Å². The molecule has 1 atom stereocenters. The van der Waals surface area contributed by atoms with Crippen LogP contribution in [0.4, 0.5) is 0 Å². The van der Waals surface area contributed by atoms with Crippen molar-refractivity contribution in [3.63, 3.8) is 0 Å². The molecule has 27 heavy (non-hydrogen) atoms. The molecule has 1 unspecified atom stereocenters. The Morgan fingerprint density at radius 1 is 1.33 bits per heavy atom. The van der Waals surface area contributed by atoms with Crippen LogP contribution in [0.25, 0.3) is 22.3 Å². The average Bonchev–Trinajstić information content (AvgIpc) is 3.01. The van der Waals surface area contributed by atoms with E-state index in [2.05, 4.69) is 0 Å². The molecule has 7 heteroatoms. The van der Waals surface area contributed by atoms with Crippen molar-refractivity contribution in [3.8, 4) is 17.1 Å². The average molecular weight is 380 g/mol. The van der Waals surface area contributed by atoms with Gasteiger partial charge in [0.25, 0.3) is 0 Å². The van der Waals surface area contributed by atoms with Crippen LogP contribution < -0.4 is 0 Å². The third-order valence-electron chi connectivity index (χ3n) is 5.49. The fraction of sp³-hybridized carbons (Fsp3) is 0.250. The number of carbonyl (C=O) groups excluding carboxylic acids is 1. The van der Waals surface area contributed by atoms with Gasteiger partial charge in [0, 0.05) is 22.1 Å². The third-order valence-corrected chi connectivity index (χ3v) is 5.96. The van der Waals surface area contributed by atoms with Crippen molar-refractivity contribution in [2.75, 3.05) is 0 Å². The molecule has 0 amide bonds. The lowest BCUT2D eigenvalue weighted by molar-refractivity contribution is -0.172. The first-order chi connectivity index (χ1) is 12.9. The number of benzene rings is 1. The van der Waals surface area contributed by atoms with Crippen LogP contribution in [0.15, 0.2) is 30.3 Å². The zero-order valence-corrected chi connectivity index (χ0v) is 15.3. The highest BCUT2D eigenvalue weighted by molar-refractivity contribution is 7.71. The molecule has 0 spiro atoms. The van der Waals surface area contributed by atoms with Crippen LogP contribution in [-0.2, 0) is 28.3 Å². The second-order valence-corrected chi connectivity index (χ2v) is 7.36. The summed E-state index contributed by atoms with van der Waals surface area (Å²) in [4.78, 5) is 17.0. The molecule has 1 aromatic carbocycles. The predicted octanol–water partition coefficient (Wildman–Crippen LogP) is 3.15. The second-order valence-electron chi connectivity index (χ2n) is 6.98. The van der Waals surface area contributed by atoms with Crippen LogP contribution >= 0.6 is 12.2 Å². The lowest BCUT2D eigenvalue weighted by Crippen LogP contribution is -2.41. The molecule has 0 saturated carbocycles. The first-order valence-corrected chi connectivity index (χ1v) is 9.13. The minimum absolute atomic E-state index is 0.0647. The van der Waals surface area contributed by atoms with E-state index in [0.717, 1.165) is 27.9 Å². The zero-order chi connectivity index (χ0) is 18.9. The van der Waals surface area contributed by atoms with Crippen molar-refractivity contribution in [1.29, 1.82) is 0 Å². The Balaban J connectivity index is 1.80. The quantitative estimate of drug-likeness (QED) is 0.390. The number of nitrogens with zero attached hydrogens (tertiary/aromatic N) is 2. The fourth-order valence-electron chi connectivity index (χ4n) is 3.97. The standard InChI is InChI=1S/C20H16N2O4S/c1-2-20(25)14-7-16-17-11(5-10-6-12(23)3-4-15(10)21-17)8-22(16)18(27)13(14)9-26-19(20)24/h3-7,23,25H,2,8-9H2,1H3. The second kappa shape index (κ2) is 5.37. The van der Waals surface area contributed by atoms with Gasteiger partial charge in [0.1, 0.15) is 17.0 Å². The van der Waals surface area contributed by atoms with E-state index in [0.29, 0.717) is 22.3 Å². The number of aliphatic hydroxyl groups is 1. The van der Waals surface area contributed by atoms with Gasteiger partial charge >= 0.3 is 5.97 Å². The molecular formula is C20H16N2O4S. The molecule has 2 N–H and O–H groups in total. The largest absolute Gasteiger partial charge is 0.508 e. The Bertz CT molecular complexity index is 1220. The number of pyridine rings is 2. The number of ether oxygens (including phenoxy) is 1. The fourth-order valence-corrected chi connectivity index (χ4v) is 4.30. The highest BCUT2D eigenvalue weighted by Gasteiger charge is 2.44. The molecule has 0 fully saturated rings. The summed E-state index contributed by atoms with van der Waals surface area (Å²) in [5.74, 6) is -0.451. The van der Waals surface area contributed by atoms with Gasteiger partial charge in [-0.15, -0.1) is 0 Å². The molecule has 6 nitrogen and oxygen atoms in total. The van der Waals surface area contributed by atoms with Crippen molar-refractivity contribution in [3.05, 3.63) is 51.7 Å². The van der Waals surface area contributed by atoms with Gasteiger partial charge in [-0.25, -0.2) is 9.78 Å². The molecule has 0 radical (unpaired) electrons. The maximum Gasteiger partial charge on any atom is 0.343 e. The van der Waals surface area contributed by atoms with Gasteiger partial charge in [0.2, 0.25) is 0 Å². The van der Waals surface area contributed by atoms with E-state index in [1.807, 2.05) is 16.7 Å². The van der Waals surface area contributed by atoms with Gasteiger partial charge in [0.05, 0.1) is 23.4 Å². The first kappa shape index (κ1) is 16.4. The van der Waals surface area contributed by atoms with Crippen LogP contribution in [0.2, 0.25) is 0 Å². The van der Waals surface area contributed by atoms with Gasteiger partial charge in [-0.1, -0.05) is 19.1 Å².